The molecule has 0 saturated heterocycles. The smallest absolute Gasteiger partial charge is 0.136 e. The summed E-state index contributed by atoms with van der Waals surface area (Å²) in [5.74, 6) is 0. The fourth-order valence-electron chi connectivity index (χ4n) is 1.05. The molecule has 0 N–H and O–H groups in total. The van der Waals surface area contributed by atoms with Crippen LogP contribution >= 0.6 is 11.9 Å². The maximum Gasteiger partial charge on any atom is 0.136 e. The van der Waals surface area contributed by atoms with E-state index in [0.717, 1.165) is 6.54 Å². The first-order valence-corrected chi connectivity index (χ1v) is 4.12. The molecule has 66 valence electrons. The predicted octanol–water partition coefficient (Wildman–Crippen LogP) is 2.35. The quantitative estimate of drug-likeness (QED) is 0.520. The van der Waals surface area contributed by atoms with Crippen LogP contribution in [0, 0.1) is 0 Å². The summed E-state index contributed by atoms with van der Waals surface area (Å²) in [4.78, 5) is 0. The molecule has 0 bridgehead atoms. The monoisotopic (exact) mass is 186 g/mol. The van der Waals surface area contributed by atoms with Gasteiger partial charge in [-0.3, -0.25) is 0 Å². The molecule has 1 aromatic rings. The van der Waals surface area contributed by atoms with Crippen molar-refractivity contribution in [2.45, 2.75) is 6.54 Å². The van der Waals surface area contributed by atoms with Crippen molar-refractivity contribution in [2.24, 2.45) is 0 Å². The highest BCUT2D eigenvalue weighted by Gasteiger charge is 2.16. The van der Waals surface area contributed by atoms with Crippen LogP contribution in [0.25, 0.3) is 0 Å². The number of halogens is 1. The highest BCUT2D eigenvalue weighted by molar-refractivity contribution is 6.06. The third kappa shape index (κ3) is 2.81. The maximum atomic E-state index is 5.32. The van der Waals surface area contributed by atoms with E-state index in [9.17, 15) is 0 Å². The summed E-state index contributed by atoms with van der Waals surface area (Å²) in [5, 5.41) is 0. The zero-order valence-electron chi connectivity index (χ0n) is 7.33. The lowest BCUT2D eigenvalue weighted by molar-refractivity contribution is -1.06. The first-order chi connectivity index (χ1) is 5.64. The van der Waals surface area contributed by atoms with Gasteiger partial charge in [0.15, 0.2) is 0 Å². The second kappa shape index (κ2) is 3.90. The standard InChI is InChI=1S/C9H13ClNO/c1-11(2,12-10)8-9-6-4-3-5-7-9/h3-7H,8H2,1-2H3/q+1. The molecule has 0 unspecified atom stereocenters. The lowest BCUT2D eigenvalue weighted by Gasteiger charge is -2.21. The highest BCUT2D eigenvalue weighted by atomic mass is 35.5. The number of hydrogen-bond donors (Lipinski definition) is 0. The van der Waals surface area contributed by atoms with Crippen molar-refractivity contribution in [3.8, 4) is 0 Å². The van der Waals surface area contributed by atoms with Crippen molar-refractivity contribution in [3.63, 3.8) is 0 Å². The fraction of sp³-hybridized carbons (Fsp3) is 0.333. The van der Waals surface area contributed by atoms with E-state index in [2.05, 4.69) is 12.1 Å². The molecule has 0 heterocycles. The molecule has 2 nitrogen and oxygen atoms in total. The van der Waals surface area contributed by atoms with Crippen molar-refractivity contribution < 1.29 is 9.04 Å². The number of benzene rings is 1. The summed E-state index contributed by atoms with van der Waals surface area (Å²) in [6.45, 7) is 0.768. The van der Waals surface area contributed by atoms with E-state index < -0.39 is 0 Å². The van der Waals surface area contributed by atoms with E-state index in [1.54, 1.807) is 0 Å². The summed E-state index contributed by atoms with van der Waals surface area (Å²) < 4.78 is 5.08. The Hall–Kier alpha value is -0.570. The third-order valence-corrected chi connectivity index (χ3v) is 1.97. The van der Waals surface area contributed by atoms with Crippen LogP contribution in [0.15, 0.2) is 30.3 Å². The lowest BCUT2D eigenvalue weighted by atomic mass is 10.2. The molecule has 0 amide bonds. The van der Waals surface area contributed by atoms with Crippen LogP contribution in [0.2, 0.25) is 0 Å². The van der Waals surface area contributed by atoms with Gasteiger partial charge in [-0.1, -0.05) is 34.7 Å². The zero-order valence-corrected chi connectivity index (χ0v) is 8.08. The first kappa shape index (κ1) is 9.52. The molecule has 1 aromatic carbocycles. The average molecular weight is 187 g/mol. The second-order valence-electron chi connectivity index (χ2n) is 3.29. The molecular formula is C9H13ClNO+. The maximum absolute atomic E-state index is 5.32. The van der Waals surface area contributed by atoms with Gasteiger partial charge in [-0.2, -0.15) is 4.65 Å². The number of hydroxylamine groups is 3. The Morgan fingerprint density at radius 2 is 1.83 bits per heavy atom. The first-order valence-electron chi connectivity index (χ1n) is 3.81. The minimum absolute atomic E-state index is 0.325. The molecule has 1 rings (SSSR count). The van der Waals surface area contributed by atoms with Gasteiger partial charge in [-0.05, 0) is 0 Å². The van der Waals surface area contributed by atoms with Crippen molar-refractivity contribution >= 4 is 11.9 Å². The van der Waals surface area contributed by atoms with E-state index in [4.69, 9.17) is 16.3 Å². The van der Waals surface area contributed by atoms with Crippen molar-refractivity contribution in [1.29, 1.82) is 0 Å². The molecule has 0 radical (unpaired) electrons. The van der Waals surface area contributed by atoms with Crippen molar-refractivity contribution in [3.05, 3.63) is 35.9 Å². The summed E-state index contributed by atoms with van der Waals surface area (Å²) in [6.07, 6.45) is 0. The largest absolute Gasteiger partial charge is 0.161 e. The number of rotatable bonds is 3. The molecule has 0 fully saturated rings. The number of hydrogen-bond acceptors (Lipinski definition) is 1. The third-order valence-electron chi connectivity index (χ3n) is 1.59. The van der Waals surface area contributed by atoms with Gasteiger partial charge in [0.1, 0.15) is 32.5 Å². The average Bonchev–Trinajstić information content (AvgIpc) is 2.06. The molecular weight excluding hydrogens is 174 g/mol. The van der Waals surface area contributed by atoms with Gasteiger partial charge in [-0.25, -0.2) is 0 Å². The van der Waals surface area contributed by atoms with E-state index in [1.165, 1.54) is 5.56 Å². The molecule has 0 aromatic heterocycles. The van der Waals surface area contributed by atoms with Crippen molar-refractivity contribution in [1.82, 2.24) is 0 Å². The number of quaternary nitrogens is 1. The molecule has 0 saturated carbocycles. The van der Waals surface area contributed by atoms with Crippen LogP contribution in [0.4, 0.5) is 0 Å². The Labute approximate surface area is 78.0 Å². The van der Waals surface area contributed by atoms with Gasteiger partial charge in [0.05, 0.1) is 0 Å². The van der Waals surface area contributed by atoms with Crippen LogP contribution in [0.1, 0.15) is 5.56 Å². The minimum Gasteiger partial charge on any atom is -0.161 e. The normalized spacial score (nSPS) is 11.6. The highest BCUT2D eigenvalue weighted by Crippen LogP contribution is 2.10. The van der Waals surface area contributed by atoms with Gasteiger partial charge >= 0.3 is 0 Å². The van der Waals surface area contributed by atoms with Gasteiger partial charge in [0, 0.05) is 5.56 Å². The number of nitrogens with zero attached hydrogens (tertiary/aromatic N) is 1. The molecule has 0 spiro atoms. The zero-order chi connectivity index (χ0) is 9.03. The predicted molar refractivity (Wildman–Crippen MR) is 49.2 cm³/mol. The molecule has 0 atom stereocenters. The SMILES string of the molecule is C[N+](C)(Cc1ccccc1)OCl. The topological polar surface area (TPSA) is 9.23 Å². The van der Waals surface area contributed by atoms with Crippen LogP contribution in [-0.2, 0) is 10.9 Å². The summed E-state index contributed by atoms with van der Waals surface area (Å²) in [6, 6.07) is 10.1. The van der Waals surface area contributed by atoms with Crippen LogP contribution in [0.3, 0.4) is 0 Å². The van der Waals surface area contributed by atoms with Gasteiger partial charge < -0.3 is 0 Å². The Balaban J connectivity index is 2.64. The molecule has 12 heavy (non-hydrogen) atoms. The summed E-state index contributed by atoms with van der Waals surface area (Å²) in [7, 11) is 3.81. The van der Waals surface area contributed by atoms with Crippen LogP contribution in [0.5, 0.6) is 0 Å². The second-order valence-corrected chi connectivity index (χ2v) is 3.42. The lowest BCUT2D eigenvalue weighted by Crippen LogP contribution is -2.35. The molecule has 0 aliphatic heterocycles. The van der Waals surface area contributed by atoms with Crippen molar-refractivity contribution in [2.75, 3.05) is 14.1 Å². The van der Waals surface area contributed by atoms with E-state index in [-0.39, 0.29) is 0 Å². The fourth-order valence-corrected chi connectivity index (χ4v) is 1.10. The van der Waals surface area contributed by atoms with Gasteiger partial charge in [0.25, 0.3) is 0 Å². The Kier molecular flexibility index (Phi) is 3.09. The Bertz CT molecular complexity index is 236. The van der Waals surface area contributed by atoms with E-state index in [0.29, 0.717) is 4.65 Å². The summed E-state index contributed by atoms with van der Waals surface area (Å²) >= 11 is 5.32. The van der Waals surface area contributed by atoms with Gasteiger partial charge in [-0.15, -0.1) is 0 Å². The van der Waals surface area contributed by atoms with E-state index >= 15 is 0 Å². The molecule has 3 heteroatoms. The Morgan fingerprint density at radius 3 is 2.33 bits per heavy atom. The summed E-state index contributed by atoms with van der Waals surface area (Å²) in [5.41, 5.74) is 1.21. The Morgan fingerprint density at radius 1 is 1.25 bits per heavy atom. The molecule has 0 aliphatic rings. The van der Waals surface area contributed by atoms with Gasteiger partial charge in [0.2, 0.25) is 0 Å². The van der Waals surface area contributed by atoms with Crippen LogP contribution < -0.4 is 0 Å². The van der Waals surface area contributed by atoms with E-state index in [1.807, 2.05) is 32.3 Å². The molecule has 0 aliphatic carbocycles. The minimum atomic E-state index is 0.325. The van der Waals surface area contributed by atoms with Crippen LogP contribution in [-0.4, -0.2) is 18.7 Å².